The number of aliphatic hydroxyl groups is 2. The van der Waals surface area contributed by atoms with Crippen molar-refractivity contribution in [1.82, 2.24) is 0 Å². The third-order valence-corrected chi connectivity index (χ3v) is 2.99. The molecule has 2 unspecified atom stereocenters. The number of hydrogen-bond donors (Lipinski definition) is 2. The highest BCUT2D eigenvalue weighted by atomic mass is 79.9. The van der Waals surface area contributed by atoms with Crippen LogP contribution in [0, 0.1) is 5.82 Å². The van der Waals surface area contributed by atoms with Crippen molar-refractivity contribution in [2.75, 3.05) is 5.88 Å². The van der Waals surface area contributed by atoms with E-state index < -0.39 is 18.0 Å². The summed E-state index contributed by atoms with van der Waals surface area (Å²) >= 11 is 8.62. The molecule has 84 valence electrons. The van der Waals surface area contributed by atoms with Crippen LogP contribution in [0.4, 0.5) is 4.39 Å². The van der Waals surface area contributed by atoms with E-state index in [1.807, 2.05) is 0 Å². The van der Waals surface area contributed by atoms with E-state index in [-0.39, 0.29) is 12.3 Å². The van der Waals surface area contributed by atoms with Crippen LogP contribution >= 0.6 is 27.5 Å². The van der Waals surface area contributed by atoms with Gasteiger partial charge in [0.1, 0.15) is 11.9 Å². The van der Waals surface area contributed by atoms with Crippen molar-refractivity contribution < 1.29 is 14.6 Å². The van der Waals surface area contributed by atoms with Crippen LogP contribution in [0.25, 0.3) is 0 Å². The van der Waals surface area contributed by atoms with Crippen LogP contribution in [0.5, 0.6) is 0 Å². The Labute approximate surface area is 101 Å². The van der Waals surface area contributed by atoms with Gasteiger partial charge in [0.2, 0.25) is 0 Å². The smallest absolute Gasteiger partial charge is 0.123 e. The van der Waals surface area contributed by atoms with E-state index in [2.05, 4.69) is 15.9 Å². The summed E-state index contributed by atoms with van der Waals surface area (Å²) in [5.41, 5.74) is 0.326. The third-order valence-electron chi connectivity index (χ3n) is 2.05. The Hall–Kier alpha value is -0.160. The second kappa shape index (κ2) is 5.80. The zero-order chi connectivity index (χ0) is 11.4. The highest BCUT2D eigenvalue weighted by molar-refractivity contribution is 9.10. The van der Waals surface area contributed by atoms with Crippen LogP contribution in [0.1, 0.15) is 18.1 Å². The summed E-state index contributed by atoms with van der Waals surface area (Å²) < 4.78 is 13.5. The van der Waals surface area contributed by atoms with Gasteiger partial charge in [0.25, 0.3) is 0 Å². The van der Waals surface area contributed by atoms with Crippen LogP contribution in [-0.4, -0.2) is 22.2 Å². The maximum atomic E-state index is 12.9. The maximum absolute atomic E-state index is 12.9. The summed E-state index contributed by atoms with van der Waals surface area (Å²) in [6.07, 6.45) is -1.86. The lowest BCUT2D eigenvalue weighted by Gasteiger charge is -2.18. The first kappa shape index (κ1) is 12.9. The van der Waals surface area contributed by atoms with E-state index in [1.165, 1.54) is 18.2 Å². The number of halogens is 3. The normalized spacial score (nSPS) is 15.0. The van der Waals surface area contributed by atoms with E-state index in [0.717, 1.165) is 0 Å². The largest absolute Gasteiger partial charge is 0.390 e. The Balaban J connectivity index is 2.89. The third kappa shape index (κ3) is 3.41. The summed E-state index contributed by atoms with van der Waals surface area (Å²) in [4.78, 5) is 0. The minimum absolute atomic E-state index is 0.241. The number of benzene rings is 1. The number of aliphatic hydroxyl groups excluding tert-OH is 2. The Morgan fingerprint density at radius 1 is 1.40 bits per heavy atom. The van der Waals surface area contributed by atoms with Crippen LogP contribution < -0.4 is 0 Å². The molecule has 1 aromatic rings. The minimum Gasteiger partial charge on any atom is -0.390 e. The summed E-state index contributed by atoms with van der Waals surface area (Å²) in [7, 11) is 0. The van der Waals surface area contributed by atoms with Crippen molar-refractivity contribution in [3.63, 3.8) is 0 Å². The highest BCUT2D eigenvalue weighted by Crippen LogP contribution is 2.27. The molecule has 0 aliphatic carbocycles. The molecule has 0 radical (unpaired) electrons. The van der Waals surface area contributed by atoms with Gasteiger partial charge in [0.15, 0.2) is 0 Å². The second-order valence-corrected chi connectivity index (χ2v) is 4.39. The van der Waals surface area contributed by atoms with Crippen LogP contribution in [0.3, 0.4) is 0 Å². The van der Waals surface area contributed by atoms with Crippen LogP contribution in [0.2, 0.25) is 0 Å². The zero-order valence-corrected chi connectivity index (χ0v) is 10.2. The lowest BCUT2D eigenvalue weighted by Crippen LogP contribution is -2.19. The average molecular weight is 298 g/mol. The predicted molar refractivity (Wildman–Crippen MR) is 60.4 cm³/mol. The van der Waals surface area contributed by atoms with Gasteiger partial charge < -0.3 is 10.2 Å². The Kier molecular flexibility index (Phi) is 4.99. The summed E-state index contributed by atoms with van der Waals surface area (Å²) in [5, 5.41) is 19.2. The molecule has 15 heavy (non-hydrogen) atoms. The number of alkyl halides is 1. The molecule has 0 aliphatic rings. The number of hydrogen-bond acceptors (Lipinski definition) is 2. The molecule has 0 amide bonds. The van der Waals surface area contributed by atoms with E-state index in [4.69, 9.17) is 11.6 Å². The van der Waals surface area contributed by atoms with E-state index >= 15 is 0 Å². The SMILES string of the molecule is OC(CCCl)C(O)c1cc(F)ccc1Br. The summed E-state index contributed by atoms with van der Waals surface area (Å²) in [6.45, 7) is 0. The van der Waals surface area contributed by atoms with Gasteiger partial charge in [-0.05, 0) is 24.6 Å². The van der Waals surface area contributed by atoms with Gasteiger partial charge in [-0.3, -0.25) is 0 Å². The molecule has 1 rings (SSSR count). The molecule has 0 saturated carbocycles. The second-order valence-electron chi connectivity index (χ2n) is 3.16. The molecule has 2 atom stereocenters. The van der Waals surface area contributed by atoms with Crippen LogP contribution in [0.15, 0.2) is 22.7 Å². The van der Waals surface area contributed by atoms with Gasteiger partial charge in [0, 0.05) is 15.9 Å². The van der Waals surface area contributed by atoms with Crippen molar-refractivity contribution in [2.24, 2.45) is 0 Å². The van der Waals surface area contributed by atoms with Crippen molar-refractivity contribution in [1.29, 1.82) is 0 Å². The van der Waals surface area contributed by atoms with Gasteiger partial charge in [-0.15, -0.1) is 11.6 Å². The van der Waals surface area contributed by atoms with Gasteiger partial charge in [-0.1, -0.05) is 15.9 Å². The van der Waals surface area contributed by atoms with Gasteiger partial charge in [0.05, 0.1) is 6.10 Å². The average Bonchev–Trinajstić information content (AvgIpc) is 2.21. The highest BCUT2D eigenvalue weighted by Gasteiger charge is 2.20. The molecule has 1 aromatic carbocycles. The molecule has 0 aromatic heterocycles. The molecule has 0 heterocycles. The summed E-state index contributed by atoms with van der Waals surface area (Å²) in [5.74, 6) is -0.212. The fourth-order valence-electron chi connectivity index (χ4n) is 1.22. The molecule has 5 heteroatoms. The van der Waals surface area contributed by atoms with Crippen molar-refractivity contribution >= 4 is 27.5 Å². The lowest BCUT2D eigenvalue weighted by atomic mass is 10.0. The van der Waals surface area contributed by atoms with Gasteiger partial charge in [-0.2, -0.15) is 0 Å². The molecule has 2 N–H and O–H groups in total. The molecule has 0 saturated heterocycles. The monoisotopic (exact) mass is 296 g/mol. The predicted octanol–water partition coefficient (Wildman–Crippen LogP) is 2.61. The quantitative estimate of drug-likeness (QED) is 0.839. The molecule has 0 aliphatic heterocycles. The standard InChI is InChI=1S/C10H11BrClFO2/c11-8-2-1-6(13)5-7(8)10(15)9(14)3-4-12/h1-2,5,9-10,14-15H,3-4H2. The molecule has 0 bridgehead atoms. The molecule has 2 nitrogen and oxygen atoms in total. The number of rotatable bonds is 4. The molecule has 0 fully saturated rings. The zero-order valence-electron chi connectivity index (χ0n) is 7.83. The topological polar surface area (TPSA) is 40.5 Å². The molecule has 0 spiro atoms. The van der Waals surface area contributed by atoms with E-state index in [9.17, 15) is 14.6 Å². The maximum Gasteiger partial charge on any atom is 0.123 e. The summed E-state index contributed by atoms with van der Waals surface area (Å²) in [6, 6.07) is 3.95. The first-order valence-corrected chi connectivity index (χ1v) is 5.76. The Morgan fingerprint density at radius 3 is 2.67 bits per heavy atom. The minimum atomic E-state index is -1.13. The van der Waals surface area contributed by atoms with E-state index in [1.54, 1.807) is 0 Å². The van der Waals surface area contributed by atoms with Crippen molar-refractivity contribution in [3.8, 4) is 0 Å². The fourth-order valence-corrected chi connectivity index (χ4v) is 1.92. The van der Waals surface area contributed by atoms with Gasteiger partial charge >= 0.3 is 0 Å². The lowest BCUT2D eigenvalue weighted by molar-refractivity contribution is 0.0164. The Morgan fingerprint density at radius 2 is 2.07 bits per heavy atom. The molecular weight excluding hydrogens is 286 g/mol. The van der Waals surface area contributed by atoms with Crippen molar-refractivity contribution in [2.45, 2.75) is 18.6 Å². The Bertz CT molecular complexity index is 335. The van der Waals surface area contributed by atoms with Crippen LogP contribution in [-0.2, 0) is 0 Å². The van der Waals surface area contributed by atoms with E-state index in [0.29, 0.717) is 10.0 Å². The fraction of sp³-hybridized carbons (Fsp3) is 0.400. The first-order valence-electron chi connectivity index (χ1n) is 4.43. The molecular formula is C10H11BrClFO2. The first-order chi connectivity index (χ1) is 7.06. The van der Waals surface area contributed by atoms with Gasteiger partial charge in [-0.25, -0.2) is 4.39 Å². The van der Waals surface area contributed by atoms with Crippen molar-refractivity contribution in [3.05, 3.63) is 34.1 Å².